The van der Waals surface area contributed by atoms with Crippen LogP contribution in [-0.2, 0) is 9.53 Å². The van der Waals surface area contributed by atoms with E-state index in [0.717, 1.165) is 5.69 Å². The largest absolute Gasteiger partial charge is 0.493 e. The van der Waals surface area contributed by atoms with Gasteiger partial charge in [-0.05, 0) is 12.1 Å². The minimum atomic E-state index is -0.0878. The minimum absolute atomic E-state index is 0.0443. The highest BCUT2D eigenvalue weighted by Crippen LogP contribution is 2.29. The maximum atomic E-state index is 11.7. The molecule has 1 aromatic rings. The summed E-state index contributed by atoms with van der Waals surface area (Å²) < 4.78 is 15.5. The molecule has 0 spiro atoms. The Morgan fingerprint density at radius 3 is 2.46 bits per heavy atom. The highest BCUT2D eigenvalue weighted by atomic mass is 16.5. The zero-order chi connectivity index (χ0) is 17.9. The second-order valence-electron chi connectivity index (χ2n) is 5.07. The second-order valence-corrected chi connectivity index (χ2v) is 5.07. The van der Waals surface area contributed by atoms with Crippen LogP contribution in [0.3, 0.4) is 0 Å². The van der Waals surface area contributed by atoms with E-state index in [4.69, 9.17) is 14.2 Å². The number of likely N-dealkylation sites (N-methyl/N-ethyl adjacent to an activating group) is 1. The van der Waals surface area contributed by atoms with Crippen molar-refractivity contribution in [2.24, 2.45) is 4.99 Å². The number of benzene rings is 1. The first-order valence-corrected chi connectivity index (χ1v) is 7.48. The Kier molecular flexibility index (Phi) is 8.42. The number of guanidine groups is 1. The van der Waals surface area contributed by atoms with Gasteiger partial charge in [0.15, 0.2) is 17.5 Å². The van der Waals surface area contributed by atoms with E-state index in [1.54, 1.807) is 47.6 Å². The fourth-order valence-corrected chi connectivity index (χ4v) is 1.75. The third kappa shape index (κ3) is 6.33. The highest BCUT2D eigenvalue weighted by molar-refractivity contribution is 5.95. The summed E-state index contributed by atoms with van der Waals surface area (Å²) in [6.45, 7) is 1.13. The average Bonchev–Trinajstić information content (AvgIpc) is 2.58. The van der Waals surface area contributed by atoms with Crippen molar-refractivity contribution in [2.75, 3.05) is 60.4 Å². The fraction of sp³-hybridized carbons (Fsp3) is 0.500. The van der Waals surface area contributed by atoms with Crippen LogP contribution in [0.25, 0.3) is 0 Å². The Hall–Kier alpha value is -2.48. The maximum Gasteiger partial charge on any atom is 0.243 e. The van der Waals surface area contributed by atoms with Gasteiger partial charge in [0.05, 0.1) is 20.8 Å². The number of rotatable bonds is 8. The van der Waals surface area contributed by atoms with Crippen molar-refractivity contribution in [1.82, 2.24) is 10.2 Å². The maximum absolute atomic E-state index is 11.7. The molecule has 0 aromatic heterocycles. The van der Waals surface area contributed by atoms with Gasteiger partial charge in [-0.15, -0.1) is 0 Å². The molecule has 0 saturated heterocycles. The quantitative estimate of drug-likeness (QED) is 0.414. The molecule has 0 aliphatic heterocycles. The molecule has 0 bridgehead atoms. The van der Waals surface area contributed by atoms with Crippen molar-refractivity contribution < 1.29 is 19.0 Å². The van der Waals surface area contributed by atoms with Crippen molar-refractivity contribution in [2.45, 2.75) is 0 Å². The predicted octanol–water partition coefficient (Wildman–Crippen LogP) is 0.796. The second kappa shape index (κ2) is 10.3. The monoisotopic (exact) mass is 338 g/mol. The first kappa shape index (κ1) is 19.6. The third-order valence-electron chi connectivity index (χ3n) is 3.12. The lowest BCUT2D eigenvalue weighted by Crippen LogP contribution is -2.35. The number of carbonyl (C=O) groups is 1. The van der Waals surface area contributed by atoms with Crippen LogP contribution in [0.5, 0.6) is 11.5 Å². The van der Waals surface area contributed by atoms with Gasteiger partial charge in [-0.3, -0.25) is 4.79 Å². The minimum Gasteiger partial charge on any atom is -0.493 e. The Labute approximate surface area is 142 Å². The van der Waals surface area contributed by atoms with Crippen LogP contribution in [0.2, 0.25) is 0 Å². The molecule has 2 N–H and O–H groups in total. The number of ether oxygens (including phenoxy) is 3. The Bertz CT molecular complexity index is 561. The number of aliphatic imine (C=N–C) groups is 1. The fourth-order valence-electron chi connectivity index (χ4n) is 1.75. The molecule has 134 valence electrons. The van der Waals surface area contributed by atoms with Crippen LogP contribution in [-0.4, -0.2) is 71.9 Å². The Morgan fingerprint density at radius 2 is 1.88 bits per heavy atom. The molecule has 0 aliphatic rings. The summed E-state index contributed by atoms with van der Waals surface area (Å²) >= 11 is 0. The number of hydrogen-bond acceptors (Lipinski definition) is 5. The summed E-state index contributed by atoms with van der Waals surface area (Å²) in [5.41, 5.74) is 0.758. The van der Waals surface area contributed by atoms with E-state index in [2.05, 4.69) is 15.6 Å². The van der Waals surface area contributed by atoms with Crippen LogP contribution in [0.1, 0.15) is 0 Å². The van der Waals surface area contributed by atoms with Crippen molar-refractivity contribution in [1.29, 1.82) is 0 Å². The molecule has 1 aromatic carbocycles. The highest BCUT2D eigenvalue weighted by Gasteiger charge is 2.08. The summed E-state index contributed by atoms with van der Waals surface area (Å²) in [7, 11) is 8.16. The summed E-state index contributed by atoms with van der Waals surface area (Å²) in [6.07, 6.45) is 0. The van der Waals surface area contributed by atoms with Gasteiger partial charge < -0.3 is 29.7 Å². The number of amides is 1. The van der Waals surface area contributed by atoms with Crippen LogP contribution >= 0.6 is 0 Å². The average molecular weight is 338 g/mol. The van der Waals surface area contributed by atoms with E-state index >= 15 is 0 Å². The lowest BCUT2D eigenvalue weighted by atomic mass is 10.3. The predicted molar refractivity (Wildman–Crippen MR) is 94.0 cm³/mol. The smallest absolute Gasteiger partial charge is 0.243 e. The van der Waals surface area contributed by atoms with Gasteiger partial charge in [-0.25, -0.2) is 4.99 Å². The third-order valence-corrected chi connectivity index (χ3v) is 3.12. The van der Waals surface area contributed by atoms with Crippen LogP contribution in [0.15, 0.2) is 23.2 Å². The lowest BCUT2D eigenvalue weighted by molar-refractivity contribution is -0.127. The molecule has 24 heavy (non-hydrogen) atoms. The normalized spacial score (nSPS) is 11.0. The molecule has 0 saturated carbocycles. The van der Waals surface area contributed by atoms with E-state index < -0.39 is 0 Å². The van der Waals surface area contributed by atoms with Crippen molar-refractivity contribution in [3.63, 3.8) is 0 Å². The summed E-state index contributed by atoms with van der Waals surface area (Å²) in [4.78, 5) is 17.5. The SMILES string of the molecule is COCCNC(=NCC(=O)N(C)C)Nc1ccc(OC)c(OC)c1. The Morgan fingerprint density at radius 1 is 1.17 bits per heavy atom. The molecule has 1 amide bonds. The van der Waals surface area contributed by atoms with E-state index in [0.29, 0.717) is 30.6 Å². The Balaban J connectivity index is 2.86. The summed E-state index contributed by atoms with van der Waals surface area (Å²) in [6, 6.07) is 5.42. The van der Waals surface area contributed by atoms with Gasteiger partial charge in [0.2, 0.25) is 5.91 Å². The number of hydrogen-bond donors (Lipinski definition) is 2. The molecular formula is C16H26N4O4. The van der Waals surface area contributed by atoms with Crippen molar-refractivity contribution in [3.05, 3.63) is 18.2 Å². The van der Waals surface area contributed by atoms with Gasteiger partial charge in [0.1, 0.15) is 6.54 Å². The van der Waals surface area contributed by atoms with E-state index in [-0.39, 0.29) is 12.5 Å². The molecule has 0 aliphatic carbocycles. The summed E-state index contributed by atoms with van der Waals surface area (Å²) in [5, 5.41) is 6.24. The molecule has 0 fully saturated rings. The van der Waals surface area contributed by atoms with Gasteiger partial charge in [-0.1, -0.05) is 0 Å². The number of nitrogens with zero attached hydrogens (tertiary/aromatic N) is 2. The number of nitrogens with one attached hydrogen (secondary N) is 2. The van der Waals surface area contributed by atoms with Crippen molar-refractivity contribution in [3.8, 4) is 11.5 Å². The van der Waals surface area contributed by atoms with E-state index in [9.17, 15) is 4.79 Å². The molecule has 0 atom stereocenters. The standard InChI is InChI=1S/C16H26N4O4/c1-20(2)15(21)11-18-16(17-8-9-22-3)19-12-6-7-13(23-4)14(10-12)24-5/h6-7,10H,8-9,11H2,1-5H3,(H2,17,18,19). The molecular weight excluding hydrogens is 312 g/mol. The first-order valence-electron chi connectivity index (χ1n) is 7.48. The molecule has 8 heteroatoms. The van der Waals surface area contributed by atoms with Crippen LogP contribution in [0, 0.1) is 0 Å². The van der Waals surface area contributed by atoms with E-state index in [1.807, 2.05) is 6.07 Å². The number of carbonyl (C=O) groups excluding carboxylic acids is 1. The van der Waals surface area contributed by atoms with Crippen molar-refractivity contribution >= 4 is 17.6 Å². The molecule has 0 unspecified atom stereocenters. The van der Waals surface area contributed by atoms with Crippen LogP contribution in [0.4, 0.5) is 5.69 Å². The van der Waals surface area contributed by atoms with E-state index in [1.165, 1.54) is 4.90 Å². The molecule has 0 radical (unpaired) electrons. The van der Waals surface area contributed by atoms with Gasteiger partial charge >= 0.3 is 0 Å². The molecule has 8 nitrogen and oxygen atoms in total. The summed E-state index contributed by atoms with van der Waals surface area (Å²) in [5.74, 6) is 1.63. The number of methoxy groups -OCH3 is 3. The van der Waals surface area contributed by atoms with Gasteiger partial charge in [0, 0.05) is 39.5 Å². The zero-order valence-corrected chi connectivity index (χ0v) is 14.9. The number of anilines is 1. The van der Waals surface area contributed by atoms with Gasteiger partial charge in [0.25, 0.3) is 0 Å². The topological polar surface area (TPSA) is 84.4 Å². The first-order chi connectivity index (χ1) is 11.5. The molecule has 0 heterocycles. The van der Waals surface area contributed by atoms with Crippen LogP contribution < -0.4 is 20.1 Å². The lowest BCUT2D eigenvalue weighted by Gasteiger charge is -2.15. The zero-order valence-electron chi connectivity index (χ0n) is 14.9. The van der Waals surface area contributed by atoms with Gasteiger partial charge in [-0.2, -0.15) is 0 Å². The molecule has 1 rings (SSSR count).